The van der Waals surface area contributed by atoms with Crippen molar-refractivity contribution in [1.82, 2.24) is 0 Å². The Kier molecular flexibility index (Phi) is 3.82. The summed E-state index contributed by atoms with van der Waals surface area (Å²) in [5.74, 6) is 0. The molecule has 1 heterocycles. The van der Waals surface area contributed by atoms with Gasteiger partial charge in [0.15, 0.2) is 8.07 Å². The molecular weight excluding hydrogens is 364 g/mol. The Balaban J connectivity index is 1.97. The van der Waals surface area contributed by atoms with E-state index in [1.54, 1.807) is 0 Å². The number of hydrogen-bond acceptors (Lipinski definition) is 0. The van der Waals surface area contributed by atoms with Crippen molar-refractivity contribution in [2.45, 2.75) is 6.92 Å². The van der Waals surface area contributed by atoms with Crippen LogP contribution in [-0.4, -0.2) is 8.07 Å². The topological polar surface area (TPSA) is 0 Å². The largest absolute Gasteiger partial charge is 0.180 e. The molecule has 1 aliphatic rings. The van der Waals surface area contributed by atoms with Crippen molar-refractivity contribution >= 4 is 40.4 Å². The molecule has 0 N–H and O–H groups in total. The second kappa shape index (κ2) is 6.23. The van der Waals surface area contributed by atoms with Crippen LogP contribution < -0.4 is 20.7 Å². The summed E-state index contributed by atoms with van der Waals surface area (Å²) in [6.07, 6.45) is 0. The lowest BCUT2D eigenvalue weighted by molar-refractivity contribution is 1.48. The van der Waals surface area contributed by atoms with E-state index in [-0.39, 0.29) is 0 Å². The molecule has 130 valence electrons. The first-order valence-corrected chi connectivity index (χ1v) is 11.6. The van der Waals surface area contributed by atoms with Gasteiger partial charge >= 0.3 is 0 Å². The third kappa shape index (κ3) is 2.29. The van der Waals surface area contributed by atoms with Crippen LogP contribution in [0.5, 0.6) is 0 Å². The monoisotopic (exact) mass is 382 g/mol. The molecule has 0 radical (unpaired) electrons. The molecule has 4 aromatic carbocycles. The molecule has 0 atom stereocenters. The number of benzene rings is 4. The van der Waals surface area contributed by atoms with E-state index in [2.05, 4.69) is 104 Å². The van der Waals surface area contributed by atoms with E-state index in [9.17, 15) is 0 Å². The molecule has 0 fully saturated rings. The third-order valence-corrected chi connectivity index (χ3v) is 11.0. The van der Waals surface area contributed by atoms with Gasteiger partial charge in [0.1, 0.15) is 0 Å². The number of fused-ring (bicyclic) bond motifs is 3. The summed E-state index contributed by atoms with van der Waals surface area (Å²) in [5.41, 5.74) is 3.85. The van der Waals surface area contributed by atoms with E-state index in [0.29, 0.717) is 0 Å². The van der Waals surface area contributed by atoms with Crippen molar-refractivity contribution in [2.75, 3.05) is 0 Å². The second-order valence-electron chi connectivity index (χ2n) is 7.17. The van der Waals surface area contributed by atoms with Crippen molar-refractivity contribution < 1.29 is 0 Å². The van der Waals surface area contributed by atoms with E-state index in [4.69, 9.17) is 11.6 Å². The average molecular weight is 383 g/mol. The summed E-state index contributed by atoms with van der Waals surface area (Å²) in [7, 11) is -2.36. The van der Waals surface area contributed by atoms with Crippen molar-refractivity contribution in [1.29, 1.82) is 0 Å². The van der Waals surface area contributed by atoms with Gasteiger partial charge in [-0.1, -0.05) is 103 Å². The first kappa shape index (κ1) is 16.6. The van der Waals surface area contributed by atoms with Crippen LogP contribution in [0, 0.1) is 6.92 Å². The molecule has 0 saturated carbocycles. The highest BCUT2D eigenvalue weighted by atomic mass is 35.5. The predicted molar refractivity (Wildman–Crippen MR) is 119 cm³/mol. The SMILES string of the molecule is Cc1ccc([Si]2(c3ccccc3)c3ccccc3-c3ccccc32)cc1Cl. The highest BCUT2D eigenvalue weighted by Crippen LogP contribution is 2.28. The summed E-state index contributed by atoms with van der Waals surface area (Å²) in [6.45, 7) is 2.07. The van der Waals surface area contributed by atoms with Gasteiger partial charge in [0.05, 0.1) is 0 Å². The highest BCUT2D eigenvalue weighted by Gasteiger charge is 2.48. The van der Waals surface area contributed by atoms with Crippen LogP contribution in [0.3, 0.4) is 0 Å². The quantitative estimate of drug-likeness (QED) is 0.405. The van der Waals surface area contributed by atoms with Gasteiger partial charge in [-0.05, 0) is 50.4 Å². The molecule has 1 aliphatic heterocycles. The van der Waals surface area contributed by atoms with Crippen LogP contribution in [0.25, 0.3) is 11.1 Å². The number of aryl methyl sites for hydroxylation is 1. The lowest BCUT2D eigenvalue weighted by Crippen LogP contribution is -2.72. The van der Waals surface area contributed by atoms with E-state index in [1.807, 2.05) is 0 Å². The van der Waals surface area contributed by atoms with Gasteiger partial charge in [0.25, 0.3) is 0 Å². The van der Waals surface area contributed by atoms with Crippen molar-refractivity contribution in [3.05, 3.63) is 108 Å². The molecule has 0 bridgehead atoms. The Morgan fingerprint density at radius 3 is 1.74 bits per heavy atom. The molecule has 0 aromatic heterocycles. The standard InChI is InChI=1S/C25H19ClSi/c1-18-15-16-20(17-23(18)26)27(19-9-3-2-4-10-19)24-13-7-5-11-21(24)22-12-6-8-14-25(22)27/h2-17H,1H3. The van der Waals surface area contributed by atoms with Crippen molar-refractivity contribution in [3.63, 3.8) is 0 Å². The molecule has 4 aromatic rings. The zero-order valence-corrected chi connectivity index (χ0v) is 16.9. The zero-order valence-electron chi connectivity index (χ0n) is 15.1. The van der Waals surface area contributed by atoms with Gasteiger partial charge < -0.3 is 0 Å². The maximum absolute atomic E-state index is 6.62. The number of halogens is 1. The van der Waals surface area contributed by atoms with Crippen LogP contribution in [-0.2, 0) is 0 Å². The van der Waals surface area contributed by atoms with Gasteiger partial charge in [0.2, 0.25) is 0 Å². The van der Waals surface area contributed by atoms with Gasteiger partial charge in [-0.25, -0.2) is 0 Å². The summed E-state index contributed by atoms with van der Waals surface area (Å²) in [6, 6.07) is 35.5. The molecule has 5 rings (SSSR count). The lowest BCUT2D eigenvalue weighted by Gasteiger charge is -2.31. The van der Waals surface area contributed by atoms with Crippen LogP contribution in [0.4, 0.5) is 0 Å². The first-order chi connectivity index (χ1) is 13.2. The molecule has 27 heavy (non-hydrogen) atoms. The fourth-order valence-electron chi connectivity index (χ4n) is 4.54. The first-order valence-electron chi connectivity index (χ1n) is 9.24. The fourth-order valence-corrected chi connectivity index (χ4v) is 10.0. The number of hydrogen-bond donors (Lipinski definition) is 0. The van der Waals surface area contributed by atoms with Crippen LogP contribution in [0.15, 0.2) is 97.1 Å². The zero-order chi connectivity index (χ0) is 18.4. The Hall–Kier alpha value is -2.61. The van der Waals surface area contributed by atoms with Gasteiger partial charge in [0, 0.05) is 5.02 Å². The third-order valence-electron chi connectivity index (χ3n) is 5.76. The molecule has 0 nitrogen and oxygen atoms in total. The second-order valence-corrected chi connectivity index (χ2v) is 11.3. The molecule has 0 amide bonds. The molecule has 0 aliphatic carbocycles. The lowest BCUT2D eigenvalue weighted by atomic mass is 10.1. The molecule has 0 unspecified atom stereocenters. The molecule has 0 saturated heterocycles. The highest BCUT2D eigenvalue weighted by molar-refractivity contribution is 7.22. The van der Waals surface area contributed by atoms with Crippen molar-refractivity contribution in [3.8, 4) is 11.1 Å². The van der Waals surface area contributed by atoms with Gasteiger partial charge in [-0.15, -0.1) is 0 Å². The smallest absolute Gasteiger partial charge is 0.0841 e. The van der Waals surface area contributed by atoms with Crippen molar-refractivity contribution in [2.24, 2.45) is 0 Å². The minimum absolute atomic E-state index is 0.845. The van der Waals surface area contributed by atoms with E-state index in [0.717, 1.165) is 10.6 Å². The maximum Gasteiger partial charge on any atom is 0.180 e. The van der Waals surface area contributed by atoms with Crippen LogP contribution in [0.1, 0.15) is 5.56 Å². The molecular formula is C25H19ClSi. The Morgan fingerprint density at radius 2 is 1.15 bits per heavy atom. The Labute approximate surface area is 166 Å². The Bertz CT molecular complexity index is 1100. The Morgan fingerprint density at radius 1 is 0.593 bits per heavy atom. The fraction of sp³-hybridized carbons (Fsp3) is 0.0400. The predicted octanol–water partition coefficient (Wildman–Crippen LogP) is 4.01. The van der Waals surface area contributed by atoms with E-state index < -0.39 is 8.07 Å². The molecule has 2 heteroatoms. The minimum Gasteiger partial charge on any atom is -0.0841 e. The number of rotatable bonds is 2. The minimum atomic E-state index is -2.36. The van der Waals surface area contributed by atoms with E-state index >= 15 is 0 Å². The normalized spacial score (nSPS) is 13.9. The van der Waals surface area contributed by atoms with Gasteiger partial charge in [-0.3, -0.25) is 0 Å². The van der Waals surface area contributed by atoms with Crippen LogP contribution in [0.2, 0.25) is 5.02 Å². The van der Waals surface area contributed by atoms with Gasteiger partial charge in [-0.2, -0.15) is 0 Å². The van der Waals surface area contributed by atoms with E-state index in [1.165, 1.54) is 31.9 Å². The van der Waals surface area contributed by atoms with Crippen LogP contribution >= 0.6 is 11.6 Å². The summed E-state index contributed by atoms with van der Waals surface area (Å²) in [5, 5.41) is 6.51. The maximum atomic E-state index is 6.62. The molecule has 0 spiro atoms. The summed E-state index contributed by atoms with van der Waals surface area (Å²) >= 11 is 6.62. The summed E-state index contributed by atoms with van der Waals surface area (Å²) < 4.78 is 0. The average Bonchev–Trinajstić information content (AvgIpc) is 3.02. The summed E-state index contributed by atoms with van der Waals surface area (Å²) in [4.78, 5) is 0.